The third kappa shape index (κ3) is 2.18. The lowest BCUT2D eigenvalue weighted by Crippen LogP contribution is -2.35. The van der Waals surface area contributed by atoms with Crippen LogP contribution in [0.3, 0.4) is 0 Å². The molecule has 3 aliphatic carbocycles. The van der Waals surface area contributed by atoms with Gasteiger partial charge in [-0.1, -0.05) is 12.2 Å². The van der Waals surface area contributed by atoms with E-state index in [4.69, 9.17) is 0 Å². The summed E-state index contributed by atoms with van der Waals surface area (Å²) >= 11 is 0. The van der Waals surface area contributed by atoms with Gasteiger partial charge in [0.15, 0.2) is 0 Å². The minimum atomic E-state index is -0.130. The molecule has 5 heteroatoms. The van der Waals surface area contributed by atoms with Crippen LogP contribution in [0.1, 0.15) is 32.1 Å². The highest BCUT2D eigenvalue weighted by Gasteiger charge is 2.46. The molecule has 5 aliphatic rings. The molecule has 5 nitrogen and oxygen atoms in total. The zero-order valence-electron chi connectivity index (χ0n) is 12.7. The van der Waals surface area contributed by atoms with E-state index in [0.717, 1.165) is 13.1 Å². The number of fused-ring (bicyclic) bond motifs is 1. The topological polar surface area (TPSA) is 57.7 Å². The Morgan fingerprint density at radius 2 is 1.55 bits per heavy atom. The van der Waals surface area contributed by atoms with Gasteiger partial charge in [0.05, 0.1) is 0 Å². The van der Waals surface area contributed by atoms with Gasteiger partial charge in [-0.25, -0.2) is 0 Å². The first-order chi connectivity index (χ1) is 10.6. The molecular weight excluding hydrogens is 280 g/mol. The molecule has 2 bridgehead atoms. The van der Waals surface area contributed by atoms with Crippen LogP contribution < -0.4 is 0 Å². The van der Waals surface area contributed by atoms with E-state index < -0.39 is 0 Å². The molecule has 22 heavy (non-hydrogen) atoms. The summed E-state index contributed by atoms with van der Waals surface area (Å²) in [5.74, 6) is 2.39. The Kier molecular flexibility index (Phi) is 3.31. The molecule has 0 N–H and O–H groups in total. The number of hydrogen-bond acceptors (Lipinski definition) is 3. The van der Waals surface area contributed by atoms with Crippen molar-refractivity contribution in [2.24, 2.45) is 23.7 Å². The fourth-order valence-electron chi connectivity index (χ4n) is 4.78. The molecule has 2 aliphatic heterocycles. The molecule has 0 aromatic carbocycles. The maximum atomic E-state index is 12.4. The molecule has 2 heterocycles. The van der Waals surface area contributed by atoms with Crippen LogP contribution in [0.15, 0.2) is 12.2 Å². The molecule has 2 saturated heterocycles. The number of imide groups is 1. The molecule has 0 aromatic rings. The first-order valence-corrected chi connectivity index (χ1v) is 8.43. The summed E-state index contributed by atoms with van der Waals surface area (Å²) in [5, 5.41) is 0. The minimum absolute atomic E-state index is 0.0984. The fraction of sp³-hybridized carbons (Fsp3) is 0.706. The second-order valence-corrected chi connectivity index (χ2v) is 7.11. The van der Waals surface area contributed by atoms with Crippen molar-refractivity contribution in [1.82, 2.24) is 9.80 Å². The summed E-state index contributed by atoms with van der Waals surface area (Å²) in [6, 6.07) is 0. The molecule has 118 valence electrons. The molecule has 5 rings (SSSR count). The smallest absolute Gasteiger partial charge is 0.229 e. The zero-order chi connectivity index (χ0) is 15.3. The fourth-order valence-corrected chi connectivity index (χ4v) is 4.78. The number of carbonyl (C=O) groups excluding carboxylic acids is 3. The third-order valence-corrected chi connectivity index (χ3v) is 6.01. The lowest BCUT2D eigenvalue weighted by molar-refractivity contribution is -0.139. The van der Waals surface area contributed by atoms with Gasteiger partial charge in [0.2, 0.25) is 17.7 Å². The van der Waals surface area contributed by atoms with Crippen LogP contribution in [-0.4, -0.2) is 47.2 Å². The third-order valence-electron chi connectivity index (χ3n) is 6.01. The van der Waals surface area contributed by atoms with Crippen LogP contribution in [0.4, 0.5) is 0 Å². The molecule has 0 radical (unpaired) electrons. The number of rotatable bonds is 3. The van der Waals surface area contributed by atoms with Gasteiger partial charge in [-0.2, -0.15) is 0 Å². The van der Waals surface area contributed by atoms with E-state index in [-0.39, 0.29) is 30.7 Å². The van der Waals surface area contributed by atoms with E-state index in [1.807, 2.05) is 4.90 Å². The summed E-state index contributed by atoms with van der Waals surface area (Å²) in [6.45, 7) is 1.97. The zero-order valence-corrected chi connectivity index (χ0v) is 12.7. The maximum Gasteiger partial charge on any atom is 0.229 e. The van der Waals surface area contributed by atoms with Gasteiger partial charge < -0.3 is 4.90 Å². The van der Waals surface area contributed by atoms with E-state index in [9.17, 15) is 14.4 Å². The first kappa shape index (κ1) is 14.0. The maximum absolute atomic E-state index is 12.4. The van der Waals surface area contributed by atoms with E-state index in [1.54, 1.807) is 0 Å². The summed E-state index contributed by atoms with van der Waals surface area (Å²) in [6.07, 6.45) is 8.11. The first-order valence-electron chi connectivity index (χ1n) is 8.43. The van der Waals surface area contributed by atoms with E-state index in [1.165, 1.54) is 17.7 Å². The van der Waals surface area contributed by atoms with Crippen LogP contribution in [0, 0.1) is 23.7 Å². The molecule has 4 unspecified atom stereocenters. The Morgan fingerprint density at radius 1 is 1.00 bits per heavy atom. The SMILES string of the molecule is O=C(CCN1C(=O)CCC1=O)N1CC2C3C=CC(CC3)C2C1. The van der Waals surface area contributed by atoms with Gasteiger partial charge in [-0.15, -0.1) is 0 Å². The Labute approximate surface area is 130 Å². The predicted octanol–water partition coefficient (Wildman–Crippen LogP) is 1.20. The predicted molar refractivity (Wildman–Crippen MR) is 79.5 cm³/mol. The summed E-state index contributed by atoms with van der Waals surface area (Å²) in [4.78, 5) is 38.9. The minimum Gasteiger partial charge on any atom is -0.342 e. The Hall–Kier alpha value is -1.65. The lowest BCUT2D eigenvalue weighted by Gasteiger charge is -2.40. The molecule has 1 saturated carbocycles. The average Bonchev–Trinajstić information content (AvgIpc) is 3.12. The van der Waals surface area contributed by atoms with Crippen molar-refractivity contribution in [3.8, 4) is 0 Å². The van der Waals surface area contributed by atoms with Crippen molar-refractivity contribution in [2.45, 2.75) is 32.1 Å². The number of carbonyl (C=O) groups is 3. The normalized spacial score (nSPS) is 36.4. The Balaban J connectivity index is 1.35. The van der Waals surface area contributed by atoms with Crippen LogP contribution in [-0.2, 0) is 14.4 Å². The highest BCUT2D eigenvalue weighted by molar-refractivity contribution is 6.02. The van der Waals surface area contributed by atoms with Crippen molar-refractivity contribution >= 4 is 17.7 Å². The van der Waals surface area contributed by atoms with E-state index in [0.29, 0.717) is 36.5 Å². The van der Waals surface area contributed by atoms with Crippen molar-refractivity contribution in [1.29, 1.82) is 0 Å². The Bertz CT molecular complexity index is 518. The quantitative estimate of drug-likeness (QED) is 0.581. The van der Waals surface area contributed by atoms with Crippen LogP contribution >= 0.6 is 0 Å². The second-order valence-electron chi connectivity index (χ2n) is 7.11. The number of allylic oxidation sites excluding steroid dienone is 2. The number of amides is 3. The second kappa shape index (κ2) is 5.21. The summed E-state index contributed by atoms with van der Waals surface area (Å²) < 4.78 is 0. The summed E-state index contributed by atoms with van der Waals surface area (Å²) in [5.41, 5.74) is 0. The standard InChI is InChI=1S/C17H22N2O3/c20-15(7-8-19-16(21)5-6-17(19)22)18-9-13-11-1-2-12(4-3-11)14(13)10-18/h1-2,11-14H,3-10H2. The number of nitrogens with zero attached hydrogens (tertiary/aromatic N) is 2. The number of hydrogen-bond donors (Lipinski definition) is 0. The largest absolute Gasteiger partial charge is 0.342 e. The Morgan fingerprint density at radius 3 is 2.05 bits per heavy atom. The molecule has 3 fully saturated rings. The molecular formula is C17H22N2O3. The molecule has 0 aromatic heterocycles. The number of likely N-dealkylation sites (tertiary alicyclic amines) is 2. The molecule has 4 atom stereocenters. The van der Waals surface area contributed by atoms with Gasteiger partial charge in [-0.05, 0) is 36.5 Å². The van der Waals surface area contributed by atoms with Crippen molar-refractivity contribution < 1.29 is 14.4 Å². The van der Waals surface area contributed by atoms with Crippen LogP contribution in [0.5, 0.6) is 0 Å². The highest BCUT2D eigenvalue weighted by Crippen LogP contribution is 2.48. The van der Waals surface area contributed by atoms with Crippen molar-refractivity contribution in [2.75, 3.05) is 19.6 Å². The lowest BCUT2D eigenvalue weighted by atomic mass is 9.64. The van der Waals surface area contributed by atoms with Crippen molar-refractivity contribution in [3.05, 3.63) is 12.2 Å². The summed E-state index contributed by atoms with van der Waals surface area (Å²) in [7, 11) is 0. The van der Waals surface area contributed by atoms with Crippen LogP contribution in [0.2, 0.25) is 0 Å². The highest BCUT2D eigenvalue weighted by atomic mass is 16.2. The average molecular weight is 302 g/mol. The van der Waals surface area contributed by atoms with E-state index in [2.05, 4.69) is 12.2 Å². The van der Waals surface area contributed by atoms with E-state index >= 15 is 0 Å². The molecule has 0 spiro atoms. The van der Waals surface area contributed by atoms with Gasteiger partial charge in [-0.3, -0.25) is 19.3 Å². The molecule has 3 amide bonds. The van der Waals surface area contributed by atoms with Gasteiger partial charge in [0.1, 0.15) is 0 Å². The van der Waals surface area contributed by atoms with Gasteiger partial charge >= 0.3 is 0 Å². The van der Waals surface area contributed by atoms with Crippen molar-refractivity contribution in [3.63, 3.8) is 0 Å². The van der Waals surface area contributed by atoms with Crippen LogP contribution in [0.25, 0.3) is 0 Å². The van der Waals surface area contributed by atoms with Gasteiger partial charge in [0.25, 0.3) is 0 Å². The van der Waals surface area contributed by atoms with Gasteiger partial charge in [0, 0.05) is 38.9 Å². The monoisotopic (exact) mass is 302 g/mol.